The van der Waals surface area contributed by atoms with Crippen LogP contribution >= 0.6 is 0 Å². The molecule has 1 aliphatic heterocycles. The lowest BCUT2D eigenvalue weighted by molar-refractivity contribution is -0.140. The highest BCUT2D eigenvalue weighted by molar-refractivity contribution is 5.82. The minimum absolute atomic E-state index is 0.201. The van der Waals surface area contributed by atoms with Crippen LogP contribution in [0.4, 0.5) is 0 Å². The molecule has 22 heavy (non-hydrogen) atoms. The van der Waals surface area contributed by atoms with Gasteiger partial charge in [0.25, 0.3) is 0 Å². The third-order valence-electron chi connectivity index (χ3n) is 4.74. The van der Waals surface area contributed by atoms with Gasteiger partial charge in [-0.15, -0.1) is 0 Å². The molecule has 2 aliphatic rings. The molecular formula is C16H24N4O2. The van der Waals surface area contributed by atoms with Gasteiger partial charge in [0.15, 0.2) is 0 Å². The highest BCUT2D eigenvalue weighted by Gasteiger charge is 2.42. The van der Waals surface area contributed by atoms with Gasteiger partial charge in [-0.05, 0) is 18.8 Å². The van der Waals surface area contributed by atoms with Gasteiger partial charge < -0.3 is 14.4 Å². The van der Waals surface area contributed by atoms with E-state index in [1.54, 1.807) is 12.5 Å². The van der Waals surface area contributed by atoms with Gasteiger partial charge in [0, 0.05) is 57.5 Å². The summed E-state index contributed by atoms with van der Waals surface area (Å²) in [6.45, 7) is 5.69. The number of carbonyl (C=O) groups is 2. The Morgan fingerprint density at radius 2 is 1.86 bits per heavy atom. The fourth-order valence-corrected chi connectivity index (χ4v) is 3.07. The lowest BCUT2D eigenvalue weighted by Crippen LogP contribution is -2.51. The molecule has 2 heterocycles. The van der Waals surface area contributed by atoms with E-state index in [4.69, 9.17) is 0 Å². The molecule has 1 aliphatic carbocycles. The Hall–Kier alpha value is -1.85. The van der Waals surface area contributed by atoms with Gasteiger partial charge in [-0.2, -0.15) is 0 Å². The maximum atomic E-state index is 12.2. The summed E-state index contributed by atoms with van der Waals surface area (Å²) < 4.78 is 1.99. The summed E-state index contributed by atoms with van der Waals surface area (Å²) >= 11 is 0. The minimum Gasteiger partial charge on any atom is -0.339 e. The van der Waals surface area contributed by atoms with Gasteiger partial charge >= 0.3 is 0 Å². The van der Waals surface area contributed by atoms with Crippen LogP contribution < -0.4 is 0 Å². The molecule has 1 aromatic rings. The monoisotopic (exact) mass is 304 g/mol. The summed E-state index contributed by atoms with van der Waals surface area (Å²) in [5, 5.41) is 0. The van der Waals surface area contributed by atoms with Crippen LogP contribution in [0.25, 0.3) is 0 Å². The van der Waals surface area contributed by atoms with E-state index in [9.17, 15) is 9.59 Å². The Morgan fingerprint density at radius 3 is 2.45 bits per heavy atom. The predicted molar refractivity (Wildman–Crippen MR) is 81.9 cm³/mol. The molecule has 0 aromatic carbocycles. The van der Waals surface area contributed by atoms with Crippen LogP contribution in [0.1, 0.15) is 26.2 Å². The summed E-state index contributed by atoms with van der Waals surface area (Å²) in [5.74, 6) is 1.29. The smallest absolute Gasteiger partial charge is 0.226 e. The second-order valence-corrected chi connectivity index (χ2v) is 6.43. The molecule has 1 saturated carbocycles. The van der Waals surface area contributed by atoms with E-state index in [1.807, 2.05) is 20.6 Å². The van der Waals surface area contributed by atoms with Crippen LogP contribution in [-0.2, 0) is 16.1 Å². The zero-order valence-electron chi connectivity index (χ0n) is 13.1. The third kappa shape index (κ3) is 3.48. The Morgan fingerprint density at radius 1 is 1.18 bits per heavy atom. The molecule has 0 bridgehead atoms. The highest BCUT2D eigenvalue weighted by atomic mass is 16.2. The minimum atomic E-state index is 0.201. The first-order chi connectivity index (χ1) is 10.6. The van der Waals surface area contributed by atoms with Crippen molar-refractivity contribution in [3.8, 4) is 0 Å². The summed E-state index contributed by atoms with van der Waals surface area (Å²) in [4.78, 5) is 32.2. The topological polar surface area (TPSA) is 58.4 Å². The number of amides is 2. The number of rotatable bonds is 5. The summed E-state index contributed by atoms with van der Waals surface area (Å²) in [6.07, 6.45) is 7.85. The average molecular weight is 304 g/mol. The fourth-order valence-electron chi connectivity index (χ4n) is 3.07. The molecule has 2 amide bonds. The van der Waals surface area contributed by atoms with Crippen LogP contribution in [0.5, 0.6) is 0 Å². The maximum absolute atomic E-state index is 12.2. The number of aryl methyl sites for hydroxylation is 1. The Balaban J connectivity index is 1.37. The first-order valence-corrected chi connectivity index (χ1v) is 8.17. The summed E-state index contributed by atoms with van der Waals surface area (Å²) in [6, 6.07) is 0. The van der Waals surface area contributed by atoms with Crippen molar-refractivity contribution < 1.29 is 9.59 Å². The van der Waals surface area contributed by atoms with Crippen LogP contribution in [0.2, 0.25) is 0 Å². The average Bonchev–Trinajstić information content (AvgIpc) is 3.04. The second-order valence-electron chi connectivity index (χ2n) is 6.43. The first kappa shape index (κ1) is 15.1. The highest BCUT2D eigenvalue weighted by Crippen LogP contribution is 2.39. The number of carbonyl (C=O) groups excluding carboxylic acids is 2. The van der Waals surface area contributed by atoms with Crippen LogP contribution in [0.15, 0.2) is 18.7 Å². The molecule has 1 saturated heterocycles. The number of aromatic nitrogens is 2. The van der Waals surface area contributed by atoms with E-state index in [1.165, 1.54) is 0 Å². The number of hydrogen-bond acceptors (Lipinski definition) is 3. The maximum Gasteiger partial charge on any atom is 0.226 e. The molecule has 1 aromatic heterocycles. The Labute approximate surface area is 131 Å². The van der Waals surface area contributed by atoms with E-state index < -0.39 is 0 Å². The molecule has 6 nitrogen and oxygen atoms in total. The Bertz CT molecular complexity index is 520. The number of piperazine rings is 1. The summed E-state index contributed by atoms with van der Waals surface area (Å²) in [5.41, 5.74) is 0. The van der Waals surface area contributed by atoms with Crippen molar-refractivity contribution in [3.05, 3.63) is 18.7 Å². The second kappa shape index (κ2) is 6.50. The number of imidazole rings is 1. The Kier molecular flexibility index (Phi) is 4.45. The van der Waals surface area contributed by atoms with Crippen molar-refractivity contribution in [2.24, 2.45) is 11.8 Å². The van der Waals surface area contributed by atoms with Gasteiger partial charge in [0.05, 0.1) is 6.33 Å². The normalized spacial score (nSPS) is 24.4. The van der Waals surface area contributed by atoms with Gasteiger partial charge in [-0.3, -0.25) is 9.59 Å². The molecule has 6 heteroatoms. The molecule has 3 rings (SSSR count). The van der Waals surface area contributed by atoms with E-state index >= 15 is 0 Å². The summed E-state index contributed by atoms with van der Waals surface area (Å²) in [7, 11) is 0. The van der Waals surface area contributed by atoms with E-state index in [2.05, 4.69) is 11.9 Å². The van der Waals surface area contributed by atoms with Gasteiger partial charge in [0.2, 0.25) is 11.8 Å². The molecule has 0 radical (unpaired) electrons. The van der Waals surface area contributed by atoms with Gasteiger partial charge in [0.1, 0.15) is 0 Å². The molecule has 2 fully saturated rings. The van der Waals surface area contributed by atoms with Crippen molar-refractivity contribution in [3.63, 3.8) is 0 Å². The molecule has 2 unspecified atom stereocenters. The fraction of sp³-hybridized carbons (Fsp3) is 0.688. The van der Waals surface area contributed by atoms with Crippen LogP contribution in [0, 0.1) is 11.8 Å². The van der Waals surface area contributed by atoms with E-state index in [0.717, 1.165) is 19.4 Å². The van der Waals surface area contributed by atoms with E-state index in [-0.39, 0.29) is 11.8 Å². The molecular weight excluding hydrogens is 280 g/mol. The third-order valence-corrected chi connectivity index (χ3v) is 4.74. The molecule has 0 N–H and O–H groups in total. The largest absolute Gasteiger partial charge is 0.339 e. The van der Waals surface area contributed by atoms with Gasteiger partial charge in [-0.25, -0.2) is 4.98 Å². The van der Waals surface area contributed by atoms with E-state index in [0.29, 0.717) is 44.4 Å². The molecule has 0 spiro atoms. The quantitative estimate of drug-likeness (QED) is 0.815. The SMILES string of the molecule is CC1CC1C(=O)N1CCN(C(=O)CCCn2ccnc2)CC1. The molecule has 2 atom stereocenters. The first-order valence-electron chi connectivity index (χ1n) is 8.17. The van der Waals surface area contributed by atoms with Crippen molar-refractivity contribution in [2.45, 2.75) is 32.7 Å². The number of nitrogens with zero attached hydrogens (tertiary/aromatic N) is 4. The van der Waals surface area contributed by atoms with Crippen molar-refractivity contribution in [2.75, 3.05) is 26.2 Å². The van der Waals surface area contributed by atoms with Crippen molar-refractivity contribution >= 4 is 11.8 Å². The zero-order valence-corrected chi connectivity index (χ0v) is 13.1. The number of hydrogen-bond donors (Lipinski definition) is 0. The molecule has 120 valence electrons. The van der Waals surface area contributed by atoms with Gasteiger partial charge in [-0.1, -0.05) is 6.92 Å². The zero-order chi connectivity index (χ0) is 15.5. The van der Waals surface area contributed by atoms with Crippen LogP contribution in [0.3, 0.4) is 0 Å². The predicted octanol–water partition coefficient (Wildman–Crippen LogP) is 0.990. The van der Waals surface area contributed by atoms with Crippen molar-refractivity contribution in [1.29, 1.82) is 0 Å². The lowest BCUT2D eigenvalue weighted by Gasteiger charge is -2.35. The standard InChI is InChI=1S/C16H24N4O2/c1-13-11-14(13)16(22)20-9-7-19(8-10-20)15(21)3-2-5-18-6-4-17-12-18/h4,6,12-14H,2-3,5,7-11H2,1H3. The van der Waals surface area contributed by atoms with Crippen molar-refractivity contribution in [1.82, 2.24) is 19.4 Å². The lowest BCUT2D eigenvalue weighted by atomic mass is 10.2. The van der Waals surface area contributed by atoms with Crippen LogP contribution in [-0.4, -0.2) is 57.3 Å².